The van der Waals surface area contributed by atoms with Crippen LogP contribution in [-0.2, 0) is 6.42 Å². The fraction of sp³-hybridized carbons (Fsp3) is 0.500. The Labute approximate surface area is 96.6 Å². The lowest BCUT2D eigenvalue weighted by Crippen LogP contribution is -2.18. The molecule has 0 saturated carbocycles. The van der Waals surface area contributed by atoms with Crippen molar-refractivity contribution in [2.45, 2.75) is 13.3 Å². The highest BCUT2D eigenvalue weighted by Crippen LogP contribution is 2.24. The van der Waals surface area contributed by atoms with Crippen LogP contribution in [0, 0.1) is 5.92 Å². The normalized spacial score (nSPS) is 12.5. The summed E-state index contributed by atoms with van der Waals surface area (Å²) in [6.45, 7) is 3.20. The van der Waals surface area contributed by atoms with Crippen molar-refractivity contribution in [1.82, 2.24) is 5.32 Å². The Hall–Kier alpha value is -0.730. The Bertz CT molecular complexity index is 314. The molecular formula is C12H18ClNO. The second-order valence-electron chi connectivity index (χ2n) is 3.82. The summed E-state index contributed by atoms with van der Waals surface area (Å²) in [5.41, 5.74) is 1.17. The first-order chi connectivity index (χ1) is 7.17. The maximum Gasteiger partial charge on any atom is 0.122 e. The monoisotopic (exact) mass is 227 g/mol. The van der Waals surface area contributed by atoms with Gasteiger partial charge in [-0.2, -0.15) is 0 Å². The summed E-state index contributed by atoms with van der Waals surface area (Å²) in [6.07, 6.45) is 0.977. The first-order valence-electron chi connectivity index (χ1n) is 5.14. The van der Waals surface area contributed by atoms with E-state index in [0.29, 0.717) is 5.92 Å². The molecule has 1 aromatic rings. The molecule has 0 amide bonds. The third-order valence-electron chi connectivity index (χ3n) is 2.36. The maximum atomic E-state index is 5.96. The molecule has 0 radical (unpaired) electrons. The van der Waals surface area contributed by atoms with E-state index < -0.39 is 0 Å². The first kappa shape index (κ1) is 12.3. The van der Waals surface area contributed by atoms with Crippen LogP contribution in [0.15, 0.2) is 18.2 Å². The number of halogens is 1. The summed E-state index contributed by atoms with van der Waals surface area (Å²) in [5, 5.41) is 3.93. The lowest BCUT2D eigenvalue weighted by molar-refractivity contribution is 0.405. The van der Waals surface area contributed by atoms with E-state index >= 15 is 0 Å². The number of nitrogens with one attached hydrogen (secondary N) is 1. The molecule has 15 heavy (non-hydrogen) atoms. The van der Waals surface area contributed by atoms with Crippen LogP contribution >= 0.6 is 11.6 Å². The topological polar surface area (TPSA) is 21.3 Å². The van der Waals surface area contributed by atoms with Gasteiger partial charge in [-0.1, -0.05) is 18.5 Å². The third kappa shape index (κ3) is 3.73. The largest absolute Gasteiger partial charge is 0.496 e. The van der Waals surface area contributed by atoms with Gasteiger partial charge < -0.3 is 10.1 Å². The van der Waals surface area contributed by atoms with Gasteiger partial charge >= 0.3 is 0 Å². The predicted molar refractivity (Wildman–Crippen MR) is 64.8 cm³/mol. The Kier molecular flexibility index (Phi) is 4.92. The second-order valence-corrected chi connectivity index (χ2v) is 4.26. The van der Waals surface area contributed by atoms with Crippen molar-refractivity contribution < 1.29 is 4.74 Å². The average molecular weight is 228 g/mol. The molecule has 1 atom stereocenters. The minimum absolute atomic E-state index is 0.572. The van der Waals surface area contributed by atoms with E-state index in [1.54, 1.807) is 7.11 Å². The van der Waals surface area contributed by atoms with Crippen molar-refractivity contribution in [3.63, 3.8) is 0 Å². The van der Waals surface area contributed by atoms with E-state index in [-0.39, 0.29) is 0 Å². The zero-order valence-electron chi connectivity index (χ0n) is 9.51. The van der Waals surface area contributed by atoms with Gasteiger partial charge in [-0.05, 0) is 49.7 Å². The van der Waals surface area contributed by atoms with Gasteiger partial charge in [0.05, 0.1) is 7.11 Å². The van der Waals surface area contributed by atoms with Gasteiger partial charge in [-0.15, -0.1) is 0 Å². The molecule has 3 heteroatoms. The first-order valence-corrected chi connectivity index (χ1v) is 5.52. The van der Waals surface area contributed by atoms with Crippen LogP contribution in [0.3, 0.4) is 0 Å². The van der Waals surface area contributed by atoms with Crippen molar-refractivity contribution in [3.8, 4) is 5.75 Å². The lowest BCUT2D eigenvalue weighted by atomic mass is 10.0. The lowest BCUT2D eigenvalue weighted by Gasteiger charge is -2.13. The van der Waals surface area contributed by atoms with Crippen LogP contribution in [0.25, 0.3) is 0 Å². The molecule has 0 saturated heterocycles. The summed E-state index contributed by atoms with van der Waals surface area (Å²) in [4.78, 5) is 0. The molecule has 0 aromatic heterocycles. The number of ether oxygens (including phenoxy) is 1. The molecule has 84 valence electrons. The number of methoxy groups -OCH3 is 1. The van der Waals surface area contributed by atoms with Crippen molar-refractivity contribution >= 4 is 11.6 Å². The minimum atomic E-state index is 0.572. The minimum Gasteiger partial charge on any atom is -0.496 e. The SMILES string of the molecule is CNCC(C)Cc1cc(Cl)ccc1OC. The number of hydrogen-bond acceptors (Lipinski definition) is 2. The predicted octanol–water partition coefficient (Wildman–Crippen LogP) is 2.75. The van der Waals surface area contributed by atoms with Crippen molar-refractivity contribution in [1.29, 1.82) is 0 Å². The highest BCUT2D eigenvalue weighted by atomic mass is 35.5. The van der Waals surface area contributed by atoms with E-state index in [0.717, 1.165) is 23.7 Å². The fourth-order valence-electron chi connectivity index (χ4n) is 1.70. The number of hydrogen-bond donors (Lipinski definition) is 1. The van der Waals surface area contributed by atoms with Crippen molar-refractivity contribution in [3.05, 3.63) is 28.8 Å². The molecule has 0 aliphatic heterocycles. The second kappa shape index (κ2) is 5.99. The molecular weight excluding hydrogens is 210 g/mol. The molecule has 0 heterocycles. The van der Waals surface area contributed by atoms with Gasteiger partial charge in [0.2, 0.25) is 0 Å². The molecule has 0 aliphatic carbocycles. The van der Waals surface area contributed by atoms with Gasteiger partial charge in [0, 0.05) is 5.02 Å². The van der Waals surface area contributed by atoms with Gasteiger partial charge in [0.15, 0.2) is 0 Å². The highest BCUT2D eigenvalue weighted by Gasteiger charge is 2.08. The van der Waals surface area contributed by atoms with E-state index in [9.17, 15) is 0 Å². The van der Waals surface area contributed by atoms with Crippen LogP contribution in [-0.4, -0.2) is 20.7 Å². The molecule has 0 aliphatic rings. The Morgan fingerprint density at radius 2 is 2.20 bits per heavy atom. The zero-order chi connectivity index (χ0) is 11.3. The standard InChI is InChI=1S/C12H18ClNO/c1-9(8-14-2)6-10-7-11(13)4-5-12(10)15-3/h4-5,7,9,14H,6,8H2,1-3H3. The van der Waals surface area contributed by atoms with Gasteiger partial charge in [-0.3, -0.25) is 0 Å². The van der Waals surface area contributed by atoms with E-state index in [1.165, 1.54) is 5.56 Å². The van der Waals surface area contributed by atoms with Crippen LogP contribution in [0.5, 0.6) is 5.75 Å². The zero-order valence-corrected chi connectivity index (χ0v) is 10.3. The van der Waals surface area contributed by atoms with Crippen LogP contribution < -0.4 is 10.1 Å². The van der Waals surface area contributed by atoms with Gasteiger partial charge in [0.1, 0.15) is 5.75 Å². The molecule has 1 N–H and O–H groups in total. The Balaban J connectivity index is 2.77. The molecule has 1 unspecified atom stereocenters. The maximum absolute atomic E-state index is 5.96. The van der Waals surface area contributed by atoms with Crippen LogP contribution in [0.1, 0.15) is 12.5 Å². The number of rotatable bonds is 5. The van der Waals surface area contributed by atoms with Crippen molar-refractivity contribution in [2.75, 3.05) is 20.7 Å². The molecule has 0 fully saturated rings. The van der Waals surface area contributed by atoms with Crippen LogP contribution in [0.4, 0.5) is 0 Å². The van der Waals surface area contributed by atoms with Gasteiger partial charge in [-0.25, -0.2) is 0 Å². The third-order valence-corrected chi connectivity index (χ3v) is 2.60. The summed E-state index contributed by atoms with van der Waals surface area (Å²) in [7, 11) is 3.65. The average Bonchev–Trinajstić information content (AvgIpc) is 2.18. The summed E-state index contributed by atoms with van der Waals surface area (Å²) >= 11 is 5.96. The Morgan fingerprint density at radius 1 is 1.47 bits per heavy atom. The summed E-state index contributed by atoms with van der Waals surface area (Å²) in [5.74, 6) is 1.49. The quantitative estimate of drug-likeness (QED) is 0.835. The summed E-state index contributed by atoms with van der Waals surface area (Å²) in [6, 6.07) is 5.75. The molecule has 0 spiro atoms. The van der Waals surface area contributed by atoms with E-state index in [1.807, 2.05) is 25.2 Å². The van der Waals surface area contributed by atoms with Crippen molar-refractivity contribution in [2.24, 2.45) is 5.92 Å². The van der Waals surface area contributed by atoms with E-state index in [4.69, 9.17) is 16.3 Å². The smallest absolute Gasteiger partial charge is 0.122 e. The molecule has 1 rings (SSSR count). The van der Waals surface area contributed by atoms with Gasteiger partial charge in [0.25, 0.3) is 0 Å². The summed E-state index contributed by atoms with van der Waals surface area (Å²) < 4.78 is 5.30. The number of benzene rings is 1. The van der Waals surface area contributed by atoms with Crippen LogP contribution in [0.2, 0.25) is 5.02 Å². The Morgan fingerprint density at radius 3 is 2.80 bits per heavy atom. The molecule has 2 nitrogen and oxygen atoms in total. The highest BCUT2D eigenvalue weighted by molar-refractivity contribution is 6.30. The van der Waals surface area contributed by atoms with E-state index in [2.05, 4.69) is 12.2 Å². The fourth-order valence-corrected chi connectivity index (χ4v) is 1.90. The molecule has 0 bridgehead atoms. The molecule has 1 aromatic carbocycles.